The first-order valence-corrected chi connectivity index (χ1v) is 10.2. The number of hydrogen-bond donors (Lipinski definition) is 1. The molecule has 1 N–H and O–H groups in total. The quantitative estimate of drug-likeness (QED) is 0.851. The van der Waals surface area contributed by atoms with Crippen LogP contribution in [-0.2, 0) is 14.8 Å². The summed E-state index contributed by atoms with van der Waals surface area (Å²) >= 11 is 7.00. The Bertz CT molecular complexity index is 866. The van der Waals surface area contributed by atoms with Crippen LogP contribution in [0.3, 0.4) is 0 Å². The summed E-state index contributed by atoms with van der Waals surface area (Å²) in [7, 11) is -3.76. The molecule has 1 aromatic heterocycles. The van der Waals surface area contributed by atoms with E-state index >= 15 is 0 Å². The first-order valence-electron chi connectivity index (χ1n) is 7.53. The molecule has 1 saturated heterocycles. The molecular weight excluding hydrogens is 389 g/mol. The van der Waals surface area contributed by atoms with Gasteiger partial charge in [0.25, 0.3) is 0 Å². The zero-order chi connectivity index (χ0) is 18.0. The molecule has 0 spiro atoms. The van der Waals surface area contributed by atoms with E-state index in [1.54, 1.807) is 11.6 Å². The second kappa shape index (κ2) is 7.36. The van der Waals surface area contributed by atoms with E-state index in [2.05, 4.69) is 10.3 Å². The molecule has 0 saturated carbocycles. The van der Waals surface area contributed by atoms with E-state index in [1.165, 1.54) is 21.7 Å². The van der Waals surface area contributed by atoms with Crippen molar-refractivity contribution in [2.75, 3.05) is 18.4 Å². The third-order valence-electron chi connectivity index (χ3n) is 4.02. The third kappa shape index (κ3) is 4.00. The van der Waals surface area contributed by atoms with Crippen molar-refractivity contribution in [2.24, 2.45) is 5.92 Å². The van der Waals surface area contributed by atoms with Crippen LogP contribution < -0.4 is 5.32 Å². The molecule has 1 aromatic carbocycles. The summed E-state index contributed by atoms with van der Waals surface area (Å²) in [6.07, 6.45) is 2.42. The zero-order valence-electron chi connectivity index (χ0n) is 13.0. The van der Waals surface area contributed by atoms with Crippen LogP contribution in [0.1, 0.15) is 12.8 Å². The van der Waals surface area contributed by atoms with E-state index in [0.717, 1.165) is 12.1 Å². The maximum Gasteiger partial charge on any atom is 0.243 e. The normalized spacial score (nSPS) is 16.7. The number of anilines is 1. The van der Waals surface area contributed by atoms with Gasteiger partial charge in [0.1, 0.15) is 5.82 Å². The highest BCUT2D eigenvalue weighted by molar-refractivity contribution is 7.89. The van der Waals surface area contributed by atoms with Crippen LogP contribution in [0.2, 0.25) is 5.02 Å². The van der Waals surface area contributed by atoms with Gasteiger partial charge in [-0.1, -0.05) is 11.6 Å². The molecule has 0 radical (unpaired) electrons. The largest absolute Gasteiger partial charge is 0.302 e. The third-order valence-corrected chi connectivity index (χ3v) is 6.89. The first kappa shape index (κ1) is 18.2. The van der Waals surface area contributed by atoms with Crippen LogP contribution >= 0.6 is 22.9 Å². The molecule has 2 aromatic rings. The summed E-state index contributed by atoms with van der Waals surface area (Å²) < 4.78 is 39.8. The number of piperidine rings is 1. The van der Waals surface area contributed by atoms with Crippen molar-refractivity contribution < 1.29 is 17.6 Å². The Labute approximate surface area is 153 Å². The molecule has 0 bridgehead atoms. The Kier molecular flexibility index (Phi) is 5.38. The van der Waals surface area contributed by atoms with Crippen LogP contribution in [-0.4, -0.2) is 36.7 Å². The van der Waals surface area contributed by atoms with Crippen LogP contribution in [0.25, 0.3) is 0 Å². The average Bonchev–Trinajstić information content (AvgIpc) is 3.10. The molecule has 10 heteroatoms. The van der Waals surface area contributed by atoms with Crippen molar-refractivity contribution in [2.45, 2.75) is 17.7 Å². The first-order chi connectivity index (χ1) is 11.9. The van der Waals surface area contributed by atoms with Gasteiger partial charge in [-0.05, 0) is 31.0 Å². The van der Waals surface area contributed by atoms with Crippen LogP contribution in [0.15, 0.2) is 34.7 Å². The number of thiazole rings is 1. The number of benzene rings is 1. The number of nitrogens with zero attached hydrogens (tertiary/aromatic N) is 2. The molecule has 3 rings (SSSR count). The van der Waals surface area contributed by atoms with Gasteiger partial charge in [-0.25, -0.2) is 17.8 Å². The minimum atomic E-state index is -3.76. The molecule has 0 unspecified atom stereocenters. The van der Waals surface area contributed by atoms with E-state index in [1.807, 2.05) is 0 Å². The Morgan fingerprint density at radius 3 is 2.68 bits per heavy atom. The van der Waals surface area contributed by atoms with Crippen molar-refractivity contribution in [1.82, 2.24) is 9.29 Å². The van der Waals surface area contributed by atoms with Gasteiger partial charge in [0.2, 0.25) is 15.9 Å². The monoisotopic (exact) mass is 403 g/mol. The highest BCUT2D eigenvalue weighted by Gasteiger charge is 2.32. The number of hydrogen-bond acceptors (Lipinski definition) is 5. The fourth-order valence-corrected chi connectivity index (χ4v) is 4.91. The van der Waals surface area contributed by atoms with E-state index in [9.17, 15) is 17.6 Å². The Balaban J connectivity index is 1.64. The fourth-order valence-electron chi connectivity index (χ4n) is 2.64. The van der Waals surface area contributed by atoms with Crippen molar-refractivity contribution >= 4 is 44.0 Å². The van der Waals surface area contributed by atoms with Gasteiger partial charge in [-0.15, -0.1) is 11.3 Å². The Morgan fingerprint density at radius 1 is 1.36 bits per heavy atom. The van der Waals surface area contributed by atoms with Gasteiger partial charge in [0.05, 0.1) is 9.92 Å². The maximum atomic E-state index is 13.2. The molecule has 1 amide bonds. The predicted octanol–water partition coefficient (Wildman–Crippen LogP) is 2.98. The van der Waals surface area contributed by atoms with E-state index in [-0.39, 0.29) is 34.8 Å². The second-order valence-electron chi connectivity index (χ2n) is 5.58. The van der Waals surface area contributed by atoms with Crippen LogP contribution in [0, 0.1) is 11.7 Å². The van der Waals surface area contributed by atoms with Crippen molar-refractivity contribution in [3.8, 4) is 0 Å². The fraction of sp³-hybridized carbons (Fsp3) is 0.333. The molecule has 1 aliphatic rings. The summed E-state index contributed by atoms with van der Waals surface area (Å²) in [5, 5.41) is 4.79. The summed E-state index contributed by atoms with van der Waals surface area (Å²) in [5.74, 6) is -1.10. The number of aromatic nitrogens is 1. The molecule has 2 heterocycles. The van der Waals surface area contributed by atoms with Gasteiger partial charge < -0.3 is 5.32 Å². The molecule has 1 fully saturated rings. The molecular formula is C15H15ClFN3O3S2. The smallest absolute Gasteiger partial charge is 0.243 e. The number of sulfonamides is 1. The molecule has 1 aliphatic heterocycles. The molecule has 0 aliphatic carbocycles. The predicted molar refractivity (Wildman–Crippen MR) is 93.6 cm³/mol. The standard InChI is InChI=1S/C15H15ClFN3O3S2/c16-12-9-11(1-2-13(12)17)25(22,23)20-6-3-10(4-7-20)14(21)19-15-18-5-8-24-15/h1-2,5,8-10H,3-4,6-7H2,(H,18,19,21). The van der Waals surface area contributed by atoms with Crippen molar-refractivity contribution in [3.63, 3.8) is 0 Å². The van der Waals surface area contributed by atoms with Gasteiger partial charge in [-0.2, -0.15) is 4.31 Å². The van der Waals surface area contributed by atoms with Gasteiger partial charge in [-0.3, -0.25) is 4.79 Å². The summed E-state index contributed by atoms with van der Waals surface area (Å²) in [4.78, 5) is 16.1. The number of halogens is 2. The number of amides is 1. The molecule has 6 nitrogen and oxygen atoms in total. The van der Waals surface area contributed by atoms with Crippen LogP contribution in [0.4, 0.5) is 9.52 Å². The SMILES string of the molecule is O=C(Nc1nccs1)C1CCN(S(=O)(=O)c2ccc(F)c(Cl)c2)CC1. The Hall–Kier alpha value is -1.55. The van der Waals surface area contributed by atoms with Crippen LogP contribution in [0.5, 0.6) is 0 Å². The van der Waals surface area contributed by atoms with Gasteiger partial charge in [0.15, 0.2) is 5.13 Å². The summed E-state index contributed by atoms with van der Waals surface area (Å²) in [6.45, 7) is 0.431. The summed E-state index contributed by atoms with van der Waals surface area (Å²) in [6, 6.07) is 3.33. The number of carbonyl (C=O) groups is 1. The van der Waals surface area contributed by atoms with Gasteiger partial charge in [0, 0.05) is 30.6 Å². The molecule has 0 atom stereocenters. The highest BCUT2D eigenvalue weighted by Crippen LogP contribution is 2.27. The van der Waals surface area contributed by atoms with Gasteiger partial charge >= 0.3 is 0 Å². The lowest BCUT2D eigenvalue weighted by atomic mass is 9.97. The minimum Gasteiger partial charge on any atom is -0.302 e. The molecule has 134 valence electrons. The average molecular weight is 404 g/mol. The number of rotatable bonds is 4. The number of carbonyl (C=O) groups excluding carboxylic acids is 1. The van der Waals surface area contributed by atoms with Crippen molar-refractivity contribution in [1.29, 1.82) is 0 Å². The topological polar surface area (TPSA) is 79.4 Å². The summed E-state index contributed by atoms with van der Waals surface area (Å²) in [5.41, 5.74) is 0. The zero-order valence-corrected chi connectivity index (χ0v) is 15.4. The maximum absolute atomic E-state index is 13.2. The minimum absolute atomic E-state index is 0.0513. The van der Waals surface area contributed by atoms with E-state index in [0.29, 0.717) is 18.0 Å². The van der Waals surface area contributed by atoms with Crippen molar-refractivity contribution in [3.05, 3.63) is 40.6 Å². The van der Waals surface area contributed by atoms with E-state index in [4.69, 9.17) is 11.6 Å². The lowest BCUT2D eigenvalue weighted by molar-refractivity contribution is -0.120. The second-order valence-corrected chi connectivity index (χ2v) is 8.82. The van der Waals surface area contributed by atoms with E-state index < -0.39 is 15.8 Å². The Morgan fingerprint density at radius 2 is 2.08 bits per heavy atom. The molecule has 25 heavy (non-hydrogen) atoms. The lowest BCUT2D eigenvalue weighted by Crippen LogP contribution is -2.41. The lowest BCUT2D eigenvalue weighted by Gasteiger charge is -2.30. The number of nitrogens with one attached hydrogen (secondary N) is 1. The highest BCUT2D eigenvalue weighted by atomic mass is 35.5.